The summed E-state index contributed by atoms with van der Waals surface area (Å²) in [4.78, 5) is 1.93. The molecule has 1 aliphatic heterocycles. The molecule has 1 saturated heterocycles. The predicted molar refractivity (Wildman–Crippen MR) is 67.4 cm³/mol. The fraction of sp³-hybridized carbons (Fsp3) is 0.357. The predicted octanol–water partition coefficient (Wildman–Crippen LogP) is 2.90. The van der Waals surface area contributed by atoms with Crippen LogP contribution < -0.4 is 0 Å². The molecule has 3 nitrogen and oxygen atoms in total. The fourth-order valence-electron chi connectivity index (χ4n) is 1.90. The van der Waals surface area contributed by atoms with Gasteiger partial charge in [-0.05, 0) is 17.7 Å². The van der Waals surface area contributed by atoms with Gasteiger partial charge in [-0.1, -0.05) is 12.1 Å². The van der Waals surface area contributed by atoms with Crippen LogP contribution in [0.3, 0.4) is 0 Å². The molecule has 20 heavy (non-hydrogen) atoms. The average molecular weight is 282 g/mol. The highest BCUT2D eigenvalue weighted by atomic mass is 19.4. The number of ether oxygens (including phenoxy) is 1. The van der Waals surface area contributed by atoms with Gasteiger partial charge in [0.05, 0.1) is 24.4 Å². The lowest BCUT2D eigenvalue weighted by atomic mass is 10.1. The van der Waals surface area contributed by atoms with Crippen LogP contribution in [0.4, 0.5) is 13.2 Å². The highest BCUT2D eigenvalue weighted by Gasteiger charge is 2.30. The van der Waals surface area contributed by atoms with Crippen LogP contribution in [0.1, 0.15) is 11.1 Å². The highest BCUT2D eigenvalue weighted by molar-refractivity contribution is 5.76. The molecule has 1 fully saturated rings. The van der Waals surface area contributed by atoms with Crippen LogP contribution in [0.2, 0.25) is 0 Å². The Hall–Kier alpha value is -2.00. The van der Waals surface area contributed by atoms with E-state index in [2.05, 4.69) is 0 Å². The number of allylic oxidation sites excluding steroid dienone is 1. The quantitative estimate of drug-likeness (QED) is 0.783. The third-order valence-corrected chi connectivity index (χ3v) is 3.00. The molecule has 1 heterocycles. The van der Waals surface area contributed by atoms with E-state index < -0.39 is 11.7 Å². The van der Waals surface area contributed by atoms with Crippen molar-refractivity contribution in [2.75, 3.05) is 26.3 Å². The molecule has 0 N–H and O–H groups in total. The van der Waals surface area contributed by atoms with E-state index in [0.717, 1.165) is 12.1 Å². The van der Waals surface area contributed by atoms with Crippen LogP contribution in [0.25, 0.3) is 5.57 Å². The van der Waals surface area contributed by atoms with Gasteiger partial charge in [-0.25, -0.2) is 0 Å². The fourth-order valence-corrected chi connectivity index (χ4v) is 1.90. The summed E-state index contributed by atoms with van der Waals surface area (Å²) in [5.41, 5.74) is 0.109. The van der Waals surface area contributed by atoms with Crippen molar-refractivity contribution in [3.63, 3.8) is 0 Å². The summed E-state index contributed by atoms with van der Waals surface area (Å²) in [7, 11) is 0. The molecule has 106 valence electrons. The first kappa shape index (κ1) is 14.4. The molecule has 0 unspecified atom stereocenters. The van der Waals surface area contributed by atoms with Gasteiger partial charge >= 0.3 is 6.18 Å². The van der Waals surface area contributed by atoms with Crippen LogP contribution in [0.15, 0.2) is 30.5 Å². The summed E-state index contributed by atoms with van der Waals surface area (Å²) >= 11 is 0. The van der Waals surface area contributed by atoms with Gasteiger partial charge < -0.3 is 9.64 Å². The van der Waals surface area contributed by atoms with E-state index in [-0.39, 0.29) is 0 Å². The first-order valence-electron chi connectivity index (χ1n) is 6.12. The van der Waals surface area contributed by atoms with Crippen molar-refractivity contribution in [1.29, 1.82) is 5.26 Å². The van der Waals surface area contributed by atoms with Crippen LogP contribution in [0.5, 0.6) is 0 Å². The zero-order chi connectivity index (χ0) is 14.6. The maximum atomic E-state index is 12.5. The van der Waals surface area contributed by atoms with Crippen molar-refractivity contribution >= 4 is 5.57 Å². The molecule has 0 atom stereocenters. The van der Waals surface area contributed by atoms with Crippen LogP contribution in [-0.2, 0) is 10.9 Å². The number of benzene rings is 1. The van der Waals surface area contributed by atoms with Gasteiger partial charge in [0.25, 0.3) is 0 Å². The largest absolute Gasteiger partial charge is 0.416 e. The maximum Gasteiger partial charge on any atom is 0.416 e. The third kappa shape index (κ3) is 3.52. The molecule has 0 saturated carbocycles. The second-order valence-corrected chi connectivity index (χ2v) is 4.38. The van der Waals surface area contributed by atoms with Crippen molar-refractivity contribution in [1.82, 2.24) is 4.90 Å². The molecule has 0 spiro atoms. The molecule has 0 aromatic heterocycles. The second-order valence-electron chi connectivity index (χ2n) is 4.38. The van der Waals surface area contributed by atoms with Gasteiger partial charge in [0.1, 0.15) is 6.07 Å². The zero-order valence-corrected chi connectivity index (χ0v) is 10.7. The summed E-state index contributed by atoms with van der Waals surface area (Å²) < 4.78 is 42.6. The van der Waals surface area contributed by atoms with Crippen molar-refractivity contribution < 1.29 is 17.9 Å². The zero-order valence-electron chi connectivity index (χ0n) is 10.7. The van der Waals surface area contributed by atoms with Crippen LogP contribution in [0, 0.1) is 11.3 Å². The van der Waals surface area contributed by atoms with Gasteiger partial charge in [0, 0.05) is 19.3 Å². The summed E-state index contributed by atoms with van der Waals surface area (Å²) in [6, 6.07) is 6.63. The van der Waals surface area contributed by atoms with E-state index in [4.69, 9.17) is 10.00 Å². The minimum Gasteiger partial charge on any atom is -0.378 e. The van der Waals surface area contributed by atoms with E-state index in [0.29, 0.717) is 37.4 Å². The van der Waals surface area contributed by atoms with Crippen molar-refractivity contribution in [3.05, 3.63) is 41.6 Å². The first-order chi connectivity index (χ1) is 9.50. The van der Waals surface area contributed by atoms with Gasteiger partial charge in [0.2, 0.25) is 0 Å². The Morgan fingerprint density at radius 2 is 1.80 bits per heavy atom. The van der Waals surface area contributed by atoms with E-state index in [1.165, 1.54) is 12.1 Å². The molecule has 0 aliphatic carbocycles. The molecule has 1 aliphatic rings. The maximum absolute atomic E-state index is 12.5. The lowest BCUT2D eigenvalue weighted by Gasteiger charge is -2.25. The van der Waals surface area contributed by atoms with Crippen molar-refractivity contribution in [2.24, 2.45) is 0 Å². The Morgan fingerprint density at radius 1 is 1.20 bits per heavy atom. The van der Waals surface area contributed by atoms with Gasteiger partial charge in [0.15, 0.2) is 0 Å². The molecule has 0 bridgehead atoms. The van der Waals surface area contributed by atoms with Gasteiger partial charge in [-0.3, -0.25) is 0 Å². The number of hydrogen-bond donors (Lipinski definition) is 0. The first-order valence-corrected chi connectivity index (χ1v) is 6.12. The Balaban J connectivity index is 2.19. The highest BCUT2D eigenvalue weighted by Crippen LogP contribution is 2.30. The Kier molecular flexibility index (Phi) is 4.30. The van der Waals surface area contributed by atoms with Gasteiger partial charge in [-0.2, -0.15) is 18.4 Å². The minimum atomic E-state index is -4.36. The Labute approximate surface area is 114 Å². The average Bonchev–Trinajstić information content (AvgIpc) is 2.45. The molecular weight excluding hydrogens is 269 g/mol. The summed E-state index contributed by atoms with van der Waals surface area (Å²) in [5.74, 6) is 0. The van der Waals surface area contributed by atoms with Crippen LogP contribution >= 0.6 is 0 Å². The van der Waals surface area contributed by atoms with Crippen LogP contribution in [-0.4, -0.2) is 31.2 Å². The monoisotopic (exact) mass is 282 g/mol. The normalized spacial score (nSPS) is 16.9. The van der Waals surface area contributed by atoms with Crippen molar-refractivity contribution in [3.8, 4) is 6.07 Å². The number of morpholine rings is 1. The SMILES string of the molecule is N#C/C(=C/N1CCOCC1)c1ccc(C(F)(F)F)cc1. The number of nitrogens with zero attached hydrogens (tertiary/aromatic N) is 2. The number of rotatable bonds is 2. The molecule has 0 amide bonds. The number of hydrogen-bond acceptors (Lipinski definition) is 3. The minimum absolute atomic E-state index is 0.348. The molecule has 1 aromatic rings. The van der Waals surface area contributed by atoms with Crippen molar-refractivity contribution in [2.45, 2.75) is 6.18 Å². The summed E-state index contributed by atoms with van der Waals surface area (Å²) in [5, 5.41) is 9.14. The topological polar surface area (TPSA) is 36.3 Å². The number of nitriles is 1. The summed E-state index contributed by atoms with van der Waals surface area (Å²) in [6.07, 6.45) is -2.69. The molecule has 6 heteroatoms. The Morgan fingerprint density at radius 3 is 2.30 bits per heavy atom. The lowest BCUT2D eigenvalue weighted by Crippen LogP contribution is -2.32. The molecular formula is C14H13F3N2O. The van der Waals surface area contributed by atoms with E-state index in [9.17, 15) is 13.2 Å². The van der Waals surface area contributed by atoms with E-state index in [1.54, 1.807) is 6.20 Å². The van der Waals surface area contributed by atoms with Gasteiger partial charge in [-0.15, -0.1) is 0 Å². The second kappa shape index (κ2) is 5.97. The molecule has 0 radical (unpaired) electrons. The summed E-state index contributed by atoms with van der Waals surface area (Å²) in [6.45, 7) is 2.52. The lowest BCUT2D eigenvalue weighted by molar-refractivity contribution is -0.137. The molecule has 2 rings (SSSR count). The third-order valence-electron chi connectivity index (χ3n) is 3.00. The number of alkyl halides is 3. The Bertz CT molecular complexity index is 523. The smallest absolute Gasteiger partial charge is 0.378 e. The van der Waals surface area contributed by atoms with E-state index in [1.807, 2.05) is 11.0 Å². The molecule has 1 aromatic carbocycles. The van der Waals surface area contributed by atoms with E-state index >= 15 is 0 Å². The number of halogens is 3. The standard InChI is InChI=1S/C14H13F3N2O/c15-14(16,17)13-3-1-11(2-4-13)12(9-18)10-19-5-7-20-8-6-19/h1-4,10H,5-8H2/b12-10-.